The fourth-order valence-electron chi connectivity index (χ4n) is 2.18. The Morgan fingerprint density at radius 3 is 2.57 bits per heavy atom. The predicted molar refractivity (Wildman–Crippen MR) is 91.6 cm³/mol. The molecule has 2 N–H and O–H groups in total. The van der Waals surface area contributed by atoms with Gasteiger partial charge in [0.1, 0.15) is 5.82 Å². The molecule has 0 aliphatic carbocycles. The van der Waals surface area contributed by atoms with Gasteiger partial charge in [0.15, 0.2) is 0 Å². The van der Waals surface area contributed by atoms with Gasteiger partial charge in [-0.25, -0.2) is 4.98 Å². The molecule has 0 fully saturated rings. The highest BCUT2D eigenvalue weighted by Crippen LogP contribution is 2.12. The quantitative estimate of drug-likeness (QED) is 0.851. The average Bonchev–Trinajstić information content (AvgIpc) is 2.95. The molecule has 1 amide bonds. The lowest BCUT2D eigenvalue weighted by atomic mass is 10.1. The van der Waals surface area contributed by atoms with Crippen molar-refractivity contribution in [2.75, 3.05) is 5.32 Å². The number of aryl methyl sites for hydroxylation is 1. The summed E-state index contributed by atoms with van der Waals surface area (Å²) in [5.74, 6) is 0.340. The zero-order valence-corrected chi connectivity index (χ0v) is 14.5. The smallest absolute Gasteiger partial charge is 0.242 e. The second kappa shape index (κ2) is 7.57. The van der Waals surface area contributed by atoms with Crippen LogP contribution in [0.25, 0.3) is 0 Å². The highest BCUT2D eigenvalue weighted by Gasteiger charge is 2.20. The topological polar surface area (TPSA) is 71.8 Å². The zero-order valence-electron chi connectivity index (χ0n) is 13.7. The molecule has 0 radical (unpaired) electrons. The summed E-state index contributed by atoms with van der Waals surface area (Å²) in [6.07, 6.45) is 5.32. The van der Waals surface area contributed by atoms with Crippen molar-refractivity contribution in [1.82, 2.24) is 20.1 Å². The van der Waals surface area contributed by atoms with Gasteiger partial charge in [-0.05, 0) is 45.4 Å². The van der Waals surface area contributed by atoms with Crippen LogP contribution in [0.2, 0.25) is 5.02 Å². The lowest BCUT2D eigenvalue weighted by Gasteiger charge is -2.25. The van der Waals surface area contributed by atoms with Crippen LogP contribution in [0.5, 0.6) is 0 Å². The van der Waals surface area contributed by atoms with E-state index in [4.69, 9.17) is 11.6 Å². The number of pyridine rings is 1. The molecule has 0 bridgehead atoms. The number of halogens is 1. The second-order valence-electron chi connectivity index (χ2n) is 5.77. The SMILES string of the molecule is Cc1cnn([C@H](C)[C@H](C)N[C@@H](C)C(=O)Nc2ccc(Cl)cn2)c1. The number of amides is 1. The van der Waals surface area contributed by atoms with E-state index in [1.165, 1.54) is 6.20 Å². The van der Waals surface area contributed by atoms with Gasteiger partial charge in [0.25, 0.3) is 0 Å². The second-order valence-corrected chi connectivity index (χ2v) is 6.20. The number of aromatic nitrogens is 3. The van der Waals surface area contributed by atoms with E-state index >= 15 is 0 Å². The Labute approximate surface area is 141 Å². The fourth-order valence-corrected chi connectivity index (χ4v) is 2.29. The Morgan fingerprint density at radius 1 is 1.26 bits per heavy atom. The monoisotopic (exact) mass is 335 g/mol. The van der Waals surface area contributed by atoms with E-state index in [-0.39, 0.29) is 24.0 Å². The largest absolute Gasteiger partial charge is 0.309 e. The van der Waals surface area contributed by atoms with Gasteiger partial charge in [-0.2, -0.15) is 5.10 Å². The van der Waals surface area contributed by atoms with Crippen molar-refractivity contribution in [2.24, 2.45) is 0 Å². The number of rotatable bonds is 6. The molecule has 0 aliphatic rings. The Morgan fingerprint density at radius 2 is 2.00 bits per heavy atom. The highest BCUT2D eigenvalue weighted by molar-refractivity contribution is 6.30. The van der Waals surface area contributed by atoms with Crippen molar-refractivity contribution in [2.45, 2.75) is 45.8 Å². The normalized spacial score (nSPS) is 15.0. The summed E-state index contributed by atoms with van der Waals surface area (Å²) in [4.78, 5) is 16.3. The van der Waals surface area contributed by atoms with Crippen LogP contribution in [-0.2, 0) is 4.79 Å². The van der Waals surface area contributed by atoms with Gasteiger partial charge in [-0.15, -0.1) is 0 Å². The summed E-state index contributed by atoms with van der Waals surface area (Å²) in [7, 11) is 0. The first kappa shape index (κ1) is 17.4. The lowest BCUT2D eigenvalue weighted by Crippen LogP contribution is -2.45. The van der Waals surface area contributed by atoms with Gasteiger partial charge in [-0.1, -0.05) is 11.6 Å². The first-order valence-electron chi connectivity index (χ1n) is 7.56. The van der Waals surface area contributed by atoms with Crippen molar-refractivity contribution in [3.05, 3.63) is 41.3 Å². The highest BCUT2D eigenvalue weighted by atomic mass is 35.5. The number of nitrogens with one attached hydrogen (secondary N) is 2. The van der Waals surface area contributed by atoms with Crippen molar-refractivity contribution < 1.29 is 4.79 Å². The molecule has 2 aromatic heterocycles. The van der Waals surface area contributed by atoms with Gasteiger partial charge in [0.2, 0.25) is 5.91 Å². The van der Waals surface area contributed by atoms with Crippen LogP contribution < -0.4 is 10.6 Å². The van der Waals surface area contributed by atoms with Gasteiger partial charge in [0, 0.05) is 18.4 Å². The van der Waals surface area contributed by atoms with Crippen LogP contribution in [-0.4, -0.2) is 32.8 Å². The first-order valence-corrected chi connectivity index (χ1v) is 7.94. The van der Waals surface area contributed by atoms with Crippen LogP contribution in [0, 0.1) is 6.92 Å². The van der Waals surface area contributed by atoms with E-state index in [1.807, 2.05) is 37.8 Å². The van der Waals surface area contributed by atoms with Crippen LogP contribution in [0.4, 0.5) is 5.82 Å². The summed E-state index contributed by atoms with van der Waals surface area (Å²) in [5.41, 5.74) is 1.11. The minimum atomic E-state index is -0.360. The number of hydrogen-bond acceptors (Lipinski definition) is 4. The Hall–Kier alpha value is -1.92. The Bertz CT molecular complexity index is 655. The maximum atomic E-state index is 12.2. The fraction of sp³-hybridized carbons (Fsp3) is 0.438. The maximum absolute atomic E-state index is 12.2. The van der Waals surface area contributed by atoms with Crippen molar-refractivity contribution >= 4 is 23.3 Å². The molecule has 0 aliphatic heterocycles. The summed E-state index contributed by atoms with van der Waals surface area (Å²) in [6, 6.07) is 3.21. The number of carbonyl (C=O) groups excluding carboxylic acids is 1. The summed E-state index contributed by atoms with van der Waals surface area (Å²) in [6.45, 7) is 7.92. The summed E-state index contributed by atoms with van der Waals surface area (Å²) >= 11 is 5.78. The number of hydrogen-bond donors (Lipinski definition) is 2. The molecule has 7 heteroatoms. The number of carbonyl (C=O) groups is 1. The van der Waals surface area contributed by atoms with Gasteiger partial charge in [-0.3, -0.25) is 9.48 Å². The van der Waals surface area contributed by atoms with E-state index < -0.39 is 0 Å². The molecule has 2 rings (SSSR count). The summed E-state index contributed by atoms with van der Waals surface area (Å²) in [5, 5.41) is 10.9. The molecule has 2 heterocycles. The molecule has 124 valence electrons. The van der Waals surface area contributed by atoms with Crippen LogP contribution in [0.1, 0.15) is 32.4 Å². The Kier molecular flexibility index (Phi) is 5.74. The number of anilines is 1. The minimum absolute atomic E-state index is 0.0771. The molecule has 2 aromatic rings. The third kappa shape index (κ3) is 4.77. The molecular formula is C16H22ClN5O. The number of nitrogens with zero attached hydrogens (tertiary/aromatic N) is 3. The molecule has 0 saturated carbocycles. The predicted octanol–water partition coefficient (Wildman–Crippen LogP) is 2.81. The summed E-state index contributed by atoms with van der Waals surface area (Å²) < 4.78 is 1.90. The van der Waals surface area contributed by atoms with Crippen molar-refractivity contribution in [1.29, 1.82) is 0 Å². The average molecular weight is 336 g/mol. The van der Waals surface area contributed by atoms with Crippen molar-refractivity contribution in [3.8, 4) is 0 Å². The van der Waals surface area contributed by atoms with Gasteiger partial charge in [0.05, 0.1) is 23.3 Å². The van der Waals surface area contributed by atoms with Crippen molar-refractivity contribution in [3.63, 3.8) is 0 Å². The molecule has 0 saturated heterocycles. The third-order valence-electron chi connectivity index (χ3n) is 3.76. The molecular weight excluding hydrogens is 314 g/mol. The standard InChI is InChI=1S/C16H22ClN5O/c1-10-7-19-22(9-10)13(4)11(2)20-12(3)16(23)21-15-6-5-14(17)8-18-15/h5-9,11-13,20H,1-4H3,(H,18,21,23)/t11-,12-,13+/m0/s1. The van der Waals surface area contributed by atoms with E-state index in [0.717, 1.165) is 5.56 Å². The van der Waals surface area contributed by atoms with Crippen LogP contribution >= 0.6 is 11.6 Å². The van der Waals surface area contributed by atoms with Gasteiger partial charge < -0.3 is 10.6 Å². The third-order valence-corrected chi connectivity index (χ3v) is 3.98. The van der Waals surface area contributed by atoms with E-state index in [9.17, 15) is 4.79 Å². The van der Waals surface area contributed by atoms with E-state index in [1.54, 1.807) is 12.1 Å². The molecule has 0 spiro atoms. The minimum Gasteiger partial charge on any atom is -0.309 e. The molecule has 0 aromatic carbocycles. The van der Waals surface area contributed by atoms with Crippen LogP contribution in [0.3, 0.4) is 0 Å². The molecule has 6 nitrogen and oxygen atoms in total. The van der Waals surface area contributed by atoms with Crippen LogP contribution in [0.15, 0.2) is 30.7 Å². The molecule has 3 atom stereocenters. The lowest BCUT2D eigenvalue weighted by molar-refractivity contribution is -0.118. The molecule has 0 unspecified atom stereocenters. The maximum Gasteiger partial charge on any atom is 0.242 e. The van der Waals surface area contributed by atoms with Gasteiger partial charge >= 0.3 is 0 Å². The first-order chi connectivity index (χ1) is 10.9. The van der Waals surface area contributed by atoms with E-state index in [0.29, 0.717) is 10.8 Å². The Balaban J connectivity index is 1.90. The molecule has 23 heavy (non-hydrogen) atoms. The zero-order chi connectivity index (χ0) is 17.0. The van der Waals surface area contributed by atoms with E-state index in [2.05, 4.69) is 27.6 Å².